The van der Waals surface area contributed by atoms with E-state index in [0.29, 0.717) is 68.4 Å². The summed E-state index contributed by atoms with van der Waals surface area (Å²) in [6.45, 7) is 20.4. The minimum Gasteiger partial charge on any atom is -0.380 e. The highest BCUT2D eigenvalue weighted by Gasteiger charge is 2.49. The van der Waals surface area contributed by atoms with E-state index in [4.69, 9.17) is 35.3 Å². The maximum absolute atomic E-state index is 14.3. The number of halogens is 4. The molecule has 22 nitrogen and oxygen atoms in total. The molecule has 0 bridgehead atoms. The molecule has 0 radical (unpaired) electrons. The van der Waals surface area contributed by atoms with Crippen LogP contribution in [0.2, 0.25) is 5.02 Å². The number of rotatable bonds is 37. The van der Waals surface area contributed by atoms with Gasteiger partial charge in [-0.15, -0.1) is 23.1 Å². The predicted octanol–water partition coefficient (Wildman–Crippen LogP) is 12.1. The molecule has 30 heteroatoms. The number of thioether (sulfide) groups is 1. The number of carbonyl (C=O) groups excluding carboxylic acids is 5. The molecule has 5 N–H and O–H groups in total. The zero-order valence-corrected chi connectivity index (χ0v) is 67.3. The number of alkyl halides is 3. The minimum atomic E-state index is -5.81. The summed E-state index contributed by atoms with van der Waals surface area (Å²) >= 11 is 10.2. The van der Waals surface area contributed by atoms with Crippen molar-refractivity contribution in [2.75, 3.05) is 147 Å². The second-order valence-electron chi connectivity index (χ2n) is 29.5. The average molecular weight is 1620 g/mol. The van der Waals surface area contributed by atoms with Crippen molar-refractivity contribution in [2.45, 2.75) is 124 Å². The van der Waals surface area contributed by atoms with Gasteiger partial charge in [0.05, 0.1) is 80.7 Å². The molecular formula is C80H102ClF3N10O12S4. The van der Waals surface area contributed by atoms with Gasteiger partial charge in [-0.2, -0.15) is 13.2 Å². The Labute approximate surface area is 661 Å². The first kappa shape index (κ1) is 85.3. The van der Waals surface area contributed by atoms with E-state index < -0.39 is 55.6 Å². The van der Waals surface area contributed by atoms with Gasteiger partial charge in [0.25, 0.3) is 15.7 Å². The van der Waals surface area contributed by atoms with Crippen LogP contribution in [0.25, 0.3) is 16.0 Å². The highest BCUT2D eigenvalue weighted by atomic mass is 35.5. The fourth-order valence-corrected chi connectivity index (χ4v) is 17.4. The number of sulfone groups is 1. The number of allylic oxidation sites excluding steroid dienone is 1. The van der Waals surface area contributed by atoms with E-state index >= 15 is 0 Å². The number of benzene rings is 5. The largest absolute Gasteiger partial charge is 0.501 e. The Morgan fingerprint density at radius 3 is 2.06 bits per heavy atom. The predicted molar refractivity (Wildman–Crippen MR) is 426 cm³/mol. The first-order valence-electron chi connectivity index (χ1n) is 37.4. The number of thiazole rings is 1. The van der Waals surface area contributed by atoms with Crippen molar-refractivity contribution in [1.29, 1.82) is 0 Å². The van der Waals surface area contributed by atoms with Gasteiger partial charge >= 0.3 is 5.51 Å². The van der Waals surface area contributed by atoms with Crippen LogP contribution < -0.4 is 30.9 Å². The molecule has 3 aliphatic heterocycles. The molecule has 6 aromatic rings. The number of anilines is 2. The van der Waals surface area contributed by atoms with E-state index in [1.165, 1.54) is 35.0 Å². The monoisotopic (exact) mass is 1610 g/mol. The van der Waals surface area contributed by atoms with Crippen LogP contribution in [0.1, 0.15) is 106 Å². The first-order valence-corrected chi connectivity index (χ1v) is 41.9. The smallest absolute Gasteiger partial charge is 0.380 e. The lowest BCUT2D eigenvalue weighted by Gasteiger charge is -2.41. The second kappa shape index (κ2) is 40.6. The Bertz CT molecular complexity index is 4170. The summed E-state index contributed by atoms with van der Waals surface area (Å²) in [4.78, 5) is 81.8. The molecule has 5 atom stereocenters. The van der Waals surface area contributed by atoms with Gasteiger partial charge in [-0.3, -0.25) is 38.5 Å². The number of amides is 5. The van der Waals surface area contributed by atoms with Crippen molar-refractivity contribution in [3.63, 3.8) is 0 Å². The first-order chi connectivity index (χ1) is 52.7. The number of morpholine rings is 1. The quantitative estimate of drug-likeness (QED) is 0.0138. The molecule has 1 aliphatic carbocycles. The summed E-state index contributed by atoms with van der Waals surface area (Å²) in [5, 5.41) is 12.9. The lowest BCUT2D eigenvalue weighted by Crippen LogP contribution is -2.58. The molecule has 596 valence electrons. The van der Waals surface area contributed by atoms with Crippen molar-refractivity contribution in [3.05, 3.63) is 160 Å². The molecule has 110 heavy (non-hydrogen) atoms. The number of aryl methyl sites for hydroxylation is 1. The van der Waals surface area contributed by atoms with Crippen LogP contribution in [-0.2, 0) is 52.7 Å². The third kappa shape index (κ3) is 24.7. The van der Waals surface area contributed by atoms with E-state index in [9.17, 15) is 45.6 Å². The molecule has 4 heterocycles. The summed E-state index contributed by atoms with van der Waals surface area (Å²) in [6.07, 6.45) is 4.16. The van der Waals surface area contributed by atoms with E-state index in [1.54, 1.807) is 28.4 Å². The molecule has 4 aliphatic rings. The van der Waals surface area contributed by atoms with Crippen molar-refractivity contribution in [1.82, 2.24) is 40.4 Å². The summed E-state index contributed by atoms with van der Waals surface area (Å²) < 4.78 is 100. The Hall–Kier alpha value is -7.13. The SMILES string of the molecule is Cc1ncsc1-c1ccc([C@H](C)NC(=O)[C@@H]2CCCN2C(=O)[C@@H](NC(=O)COCCOCCOCCOCC(=O)NCC2(C)CCC(c3ccc(Cl)cc3)=C(CN3CCN(c4ccc(C(=O)NSc5ccc(N[C@H](CCN6CCOCC6)CSc6ccccc6)c(S(=O)(=O)C(F)(F)F)c5)cc4)CC3)C2)C(C)(C)C)cc1. The van der Waals surface area contributed by atoms with Gasteiger partial charge < -0.3 is 54.8 Å². The van der Waals surface area contributed by atoms with Gasteiger partial charge in [0.15, 0.2) is 0 Å². The van der Waals surface area contributed by atoms with Gasteiger partial charge in [-0.25, -0.2) is 13.4 Å². The molecule has 3 saturated heterocycles. The minimum absolute atomic E-state index is 0.102. The summed E-state index contributed by atoms with van der Waals surface area (Å²) in [5.74, 6) is -1.28. The highest BCUT2D eigenvalue weighted by Crippen LogP contribution is 2.44. The lowest BCUT2D eigenvalue weighted by molar-refractivity contribution is -0.144. The summed E-state index contributed by atoms with van der Waals surface area (Å²) in [7, 11) is -5.81. The molecule has 5 amide bonds. The number of carbonyl (C=O) groups is 5. The van der Waals surface area contributed by atoms with Crippen LogP contribution in [0.15, 0.2) is 147 Å². The molecule has 3 fully saturated rings. The number of piperazine rings is 1. The van der Waals surface area contributed by atoms with Crippen LogP contribution in [0, 0.1) is 17.8 Å². The normalized spacial score (nSPS) is 18.4. The van der Waals surface area contributed by atoms with Gasteiger partial charge in [0.2, 0.25) is 23.6 Å². The van der Waals surface area contributed by atoms with Crippen molar-refractivity contribution < 1.29 is 69.2 Å². The highest BCUT2D eigenvalue weighted by molar-refractivity contribution is 7.99. The molecule has 10 rings (SSSR count). The number of aromatic nitrogens is 1. The van der Waals surface area contributed by atoms with Gasteiger partial charge in [-0.05, 0) is 164 Å². The lowest BCUT2D eigenvalue weighted by atomic mass is 9.71. The number of nitrogens with zero attached hydrogens (tertiary/aromatic N) is 5. The topological polar surface area (TPSA) is 252 Å². The van der Waals surface area contributed by atoms with Crippen LogP contribution >= 0.6 is 46.6 Å². The van der Waals surface area contributed by atoms with Crippen LogP contribution in [0.4, 0.5) is 24.5 Å². The second-order valence-corrected chi connectivity index (χ2v) is 34.7. The number of nitrogens with one attached hydrogen (secondary N) is 5. The Balaban J connectivity index is 0.610. The average Bonchev–Trinajstić information content (AvgIpc) is 0.984. The van der Waals surface area contributed by atoms with Crippen LogP contribution in [0.5, 0.6) is 0 Å². The van der Waals surface area contributed by atoms with Crippen molar-refractivity contribution >= 4 is 103 Å². The fourth-order valence-electron chi connectivity index (χ4n) is 13.8. The molecule has 1 unspecified atom stereocenters. The third-order valence-corrected chi connectivity index (χ3v) is 24.8. The number of hydrogen-bond donors (Lipinski definition) is 5. The summed E-state index contributed by atoms with van der Waals surface area (Å²) in [5.41, 5.74) is 3.10. The van der Waals surface area contributed by atoms with E-state index in [-0.39, 0.29) is 92.6 Å². The third-order valence-electron chi connectivity index (χ3n) is 20.1. The Morgan fingerprint density at radius 2 is 1.42 bits per heavy atom. The number of hydrogen-bond acceptors (Lipinski definition) is 20. The fraction of sp³-hybridized carbons (Fsp3) is 0.500. The van der Waals surface area contributed by atoms with E-state index in [2.05, 4.69) is 64.7 Å². The van der Waals surface area contributed by atoms with E-state index in [0.717, 1.165) is 121 Å². The number of ether oxygens (including phenoxy) is 5. The van der Waals surface area contributed by atoms with Gasteiger partial charge in [-0.1, -0.05) is 99.5 Å². The summed E-state index contributed by atoms with van der Waals surface area (Å²) in [6, 6.07) is 34.2. The molecule has 0 saturated carbocycles. The molecule has 0 spiro atoms. The van der Waals surface area contributed by atoms with Gasteiger partial charge in [0.1, 0.15) is 30.2 Å². The standard InChI is InChI=1S/C80H102ClF3N10O12S4/c1-55(57-14-16-59(17-15-57)73-56(2)86-54-108-73)87-76(98)69-13-10-31-94(69)77(99)74(78(3,4)5)89-72(96)51-106-46-44-104-42-41-103-43-45-105-50-71(95)85-53-79(6)30-28-67(58-18-22-62(81)23-19-58)61(48-79)49-92-33-35-93(36-34-92)64-24-20-60(21-25-64)75(97)90-109-66-26-27-68(70(47-66)110(100,101)80(82,83)84)88-63(29-32-91-37-39-102-40-38-91)52-107-65-11-8-7-9-12-65/h7-9,11-12,14-27,47,54-55,63,69,74,88H,10,13,28-46,48-53H2,1-6H3,(H,85,95)(H,87,98)(H,89,96)(H,90,97)/t55-,63+,69-,74+,79?/m0/s1. The maximum Gasteiger partial charge on any atom is 0.501 e. The molecule has 5 aromatic carbocycles. The van der Waals surface area contributed by atoms with E-state index in [1.807, 2.05) is 119 Å². The maximum atomic E-state index is 14.3. The van der Waals surface area contributed by atoms with Crippen molar-refractivity contribution in [3.8, 4) is 10.4 Å². The van der Waals surface area contributed by atoms with Gasteiger partial charge in [0, 0.05) is 103 Å². The molecular weight excluding hydrogens is 1510 g/mol. The molecule has 1 aromatic heterocycles. The Kier molecular flexibility index (Phi) is 31.4. The Morgan fingerprint density at radius 1 is 0.764 bits per heavy atom. The van der Waals surface area contributed by atoms with Crippen molar-refractivity contribution in [2.24, 2.45) is 10.8 Å². The number of likely N-dealkylation sites (tertiary alicyclic amines) is 1. The zero-order chi connectivity index (χ0) is 78.4. The zero-order valence-electron chi connectivity index (χ0n) is 63.3. The van der Waals surface area contributed by atoms with Crippen LogP contribution in [0.3, 0.4) is 0 Å². The van der Waals surface area contributed by atoms with Crippen LogP contribution in [-0.4, -0.2) is 219 Å².